The van der Waals surface area contributed by atoms with Crippen molar-refractivity contribution in [1.82, 2.24) is 0 Å². The van der Waals surface area contributed by atoms with Gasteiger partial charge in [-0.05, 0) is 17.2 Å². The molecule has 0 amide bonds. The van der Waals surface area contributed by atoms with Gasteiger partial charge in [-0.3, -0.25) is 10.1 Å². The molecule has 16 heavy (non-hydrogen) atoms. The smallest absolute Gasteiger partial charge is 0.258 e. The van der Waals surface area contributed by atoms with Gasteiger partial charge in [-0.2, -0.15) is 0 Å². The van der Waals surface area contributed by atoms with E-state index in [-0.39, 0.29) is 10.7 Å². The number of nitrogens with zero attached hydrogens (tertiary/aromatic N) is 1. The molecule has 0 aliphatic carbocycles. The number of nitro benzene ring substituents is 1. The molecule has 0 bridgehead atoms. The molecule has 0 N–H and O–H groups in total. The largest absolute Gasteiger partial charge is 0.288 e. The van der Waals surface area contributed by atoms with Crippen molar-refractivity contribution in [2.24, 2.45) is 0 Å². The van der Waals surface area contributed by atoms with Crippen molar-refractivity contribution in [3.63, 3.8) is 0 Å². The second-order valence-corrected chi connectivity index (χ2v) is 3.70. The molecule has 0 heterocycles. The first kappa shape index (κ1) is 10.6. The quantitative estimate of drug-likeness (QED) is 0.583. The van der Waals surface area contributed by atoms with Crippen LogP contribution < -0.4 is 0 Å². The predicted molar refractivity (Wildman–Crippen MR) is 63.5 cm³/mol. The van der Waals surface area contributed by atoms with Gasteiger partial charge in [0.1, 0.15) is 5.02 Å². The molecule has 0 radical (unpaired) electrons. The van der Waals surface area contributed by atoms with Crippen LogP contribution in [-0.4, -0.2) is 4.92 Å². The molecule has 0 aromatic heterocycles. The predicted octanol–water partition coefficient (Wildman–Crippen LogP) is 3.92. The number of benzene rings is 2. The van der Waals surface area contributed by atoms with Crippen LogP contribution in [-0.2, 0) is 0 Å². The standard InChI is InChI=1S/C12H8ClNO2/c13-11-7-6-10(8-12(11)14(15)16)9-4-2-1-3-5-9/h1-8H. The molecule has 0 unspecified atom stereocenters. The van der Waals surface area contributed by atoms with Crippen LogP contribution in [0.4, 0.5) is 5.69 Å². The SMILES string of the molecule is O=[N+]([O-])c1cc(-c2ccccc2)ccc1Cl. The molecule has 4 heteroatoms. The van der Waals surface area contributed by atoms with E-state index in [9.17, 15) is 10.1 Å². The zero-order valence-electron chi connectivity index (χ0n) is 8.26. The first-order valence-electron chi connectivity index (χ1n) is 4.68. The van der Waals surface area contributed by atoms with Gasteiger partial charge in [0.15, 0.2) is 0 Å². The Hall–Kier alpha value is -1.87. The molecule has 80 valence electrons. The van der Waals surface area contributed by atoms with Gasteiger partial charge in [0.25, 0.3) is 5.69 Å². The van der Waals surface area contributed by atoms with E-state index in [1.165, 1.54) is 6.07 Å². The maximum Gasteiger partial charge on any atom is 0.288 e. The molecule has 2 rings (SSSR count). The van der Waals surface area contributed by atoms with E-state index in [1.807, 2.05) is 30.3 Å². The average Bonchev–Trinajstić information content (AvgIpc) is 2.30. The molecule has 0 atom stereocenters. The highest BCUT2D eigenvalue weighted by molar-refractivity contribution is 6.32. The van der Waals surface area contributed by atoms with Crippen molar-refractivity contribution >= 4 is 17.3 Å². The lowest BCUT2D eigenvalue weighted by molar-refractivity contribution is -0.384. The fraction of sp³-hybridized carbons (Fsp3) is 0. The lowest BCUT2D eigenvalue weighted by atomic mass is 10.1. The second-order valence-electron chi connectivity index (χ2n) is 3.29. The lowest BCUT2D eigenvalue weighted by Crippen LogP contribution is -1.89. The molecule has 0 saturated heterocycles. The van der Waals surface area contributed by atoms with E-state index in [2.05, 4.69) is 0 Å². The average molecular weight is 234 g/mol. The topological polar surface area (TPSA) is 43.1 Å². The summed E-state index contributed by atoms with van der Waals surface area (Å²) < 4.78 is 0. The highest BCUT2D eigenvalue weighted by atomic mass is 35.5. The minimum Gasteiger partial charge on any atom is -0.258 e. The molecule has 3 nitrogen and oxygen atoms in total. The van der Waals surface area contributed by atoms with Gasteiger partial charge in [-0.25, -0.2) is 0 Å². The van der Waals surface area contributed by atoms with Crippen LogP contribution in [0.1, 0.15) is 0 Å². The first-order valence-corrected chi connectivity index (χ1v) is 5.05. The highest BCUT2D eigenvalue weighted by Gasteiger charge is 2.12. The molecule has 2 aromatic rings. The summed E-state index contributed by atoms with van der Waals surface area (Å²) in [5.74, 6) is 0. The van der Waals surface area contributed by atoms with Crippen molar-refractivity contribution in [2.75, 3.05) is 0 Å². The summed E-state index contributed by atoms with van der Waals surface area (Å²) in [7, 11) is 0. The summed E-state index contributed by atoms with van der Waals surface area (Å²) in [6.07, 6.45) is 0. The van der Waals surface area contributed by atoms with E-state index in [4.69, 9.17) is 11.6 Å². The lowest BCUT2D eigenvalue weighted by Gasteiger charge is -2.02. The summed E-state index contributed by atoms with van der Waals surface area (Å²) in [4.78, 5) is 10.2. The molecular formula is C12H8ClNO2. The van der Waals surface area contributed by atoms with Crippen molar-refractivity contribution in [1.29, 1.82) is 0 Å². The van der Waals surface area contributed by atoms with Gasteiger partial charge >= 0.3 is 0 Å². The molecule has 0 spiro atoms. The summed E-state index contributed by atoms with van der Waals surface area (Å²) in [6.45, 7) is 0. The van der Waals surface area contributed by atoms with E-state index in [1.54, 1.807) is 12.1 Å². The minimum absolute atomic E-state index is 0.0666. The molecule has 0 aliphatic heterocycles. The molecule has 2 aromatic carbocycles. The van der Waals surface area contributed by atoms with Crippen molar-refractivity contribution in [3.8, 4) is 11.1 Å². The summed E-state index contributed by atoms with van der Waals surface area (Å²) >= 11 is 5.74. The third kappa shape index (κ3) is 2.04. The molecule has 0 saturated carbocycles. The second kappa shape index (κ2) is 4.33. The van der Waals surface area contributed by atoms with Crippen molar-refractivity contribution < 1.29 is 4.92 Å². The molecular weight excluding hydrogens is 226 g/mol. The Labute approximate surface area is 97.4 Å². The number of halogens is 1. The van der Waals surface area contributed by atoms with Gasteiger partial charge < -0.3 is 0 Å². The molecule has 0 fully saturated rings. The highest BCUT2D eigenvalue weighted by Crippen LogP contribution is 2.29. The first-order chi connectivity index (χ1) is 7.68. The normalized spacial score (nSPS) is 10.1. The van der Waals surface area contributed by atoms with E-state index >= 15 is 0 Å². The van der Waals surface area contributed by atoms with Crippen LogP contribution in [0, 0.1) is 10.1 Å². The van der Waals surface area contributed by atoms with E-state index in [0.717, 1.165) is 11.1 Å². The van der Waals surface area contributed by atoms with Crippen LogP contribution in [0.2, 0.25) is 5.02 Å². The Kier molecular flexibility index (Phi) is 2.88. The van der Waals surface area contributed by atoms with Gasteiger partial charge in [0.05, 0.1) is 4.92 Å². The van der Waals surface area contributed by atoms with Crippen LogP contribution in [0.3, 0.4) is 0 Å². The van der Waals surface area contributed by atoms with Crippen LogP contribution in [0.15, 0.2) is 48.5 Å². The number of hydrogen-bond acceptors (Lipinski definition) is 2. The Morgan fingerprint density at radius 3 is 2.31 bits per heavy atom. The Balaban J connectivity index is 2.52. The maximum absolute atomic E-state index is 10.7. The van der Waals surface area contributed by atoms with Crippen LogP contribution in [0.5, 0.6) is 0 Å². The van der Waals surface area contributed by atoms with Gasteiger partial charge in [-0.1, -0.05) is 48.0 Å². The van der Waals surface area contributed by atoms with Crippen molar-refractivity contribution in [3.05, 3.63) is 63.7 Å². The Morgan fingerprint density at radius 1 is 1.00 bits per heavy atom. The Morgan fingerprint density at radius 2 is 1.69 bits per heavy atom. The fourth-order valence-electron chi connectivity index (χ4n) is 1.46. The van der Waals surface area contributed by atoms with Crippen molar-refractivity contribution in [2.45, 2.75) is 0 Å². The van der Waals surface area contributed by atoms with E-state index in [0.29, 0.717) is 0 Å². The minimum atomic E-state index is -0.477. The fourth-order valence-corrected chi connectivity index (χ4v) is 1.65. The number of rotatable bonds is 2. The molecule has 0 aliphatic rings. The van der Waals surface area contributed by atoms with Gasteiger partial charge in [-0.15, -0.1) is 0 Å². The van der Waals surface area contributed by atoms with E-state index < -0.39 is 4.92 Å². The zero-order valence-corrected chi connectivity index (χ0v) is 9.02. The third-order valence-corrected chi connectivity index (χ3v) is 2.57. The van der Waals surface area contributed by atoms with Crippen LogP contribution in [0.25, 0.3) is 11.1 Å². The van der Waals surface area contributed by atoms with Gasteiger partial charge in [0, 0.05) is 6.07 Å². The zero-order chi connectivity index (χ0) is 11.5. The monoisotopic (exact) mass is 233 g/mol. The number of hydrogen-bond donors (Lipinski definition) is 0. The number of nitro groups is 1. The summed E-state index contributed by atoms with van der Waals surface area (Å²) in [6, 6.07) is 14.3. The maximum atomic E-state index is 10.7. The third-order valence-electron chi connectivity index (χ3n) is 2.25. The Bertz CT molecular complexity index is 526. The summed E-state index contributed by atoms with van der Waals surface area (Å²) in [5.41, 5.74) is 1.65. The van der Waals surface area contributed by atoms with Crippen LogP contribution >= 0.6 is 11.6 Å². The van der Waals surface area contributed by atoms with Gasteiger partial charge in [0.2, 0.25) is 0 Å². The summed E-state index contributed by atoms with van der Waals surface area (Å²) in [5, 5.41) is 10.9.